The summed E-state index contributed by atoms with van der Waals surface area (Å²) in [4.78, 5) is 11.8. The summed E-state index contributed by atoms with van der Waals surface area (Å²) in [6.45, 7) is -3.23. The van der Waals surface area contributed by atoms with Crippen LogP contribution in [0.25, 0.3) is 0 Å². The van der Waals surface area contributed by atoms with E-state index in [2.05, 4.69) is 26.0 Å². The predicted molar refractivity (Wildman–Crippen MR) is 91.1 cm³/mol. The third-order valence-electron chi connectivity index (χ3n) is 3.19. The number of alkyl halides is 2. The van der Waals surface area contributed by atoms with Gasteiger partial charge in [0.15, 0.2) is 29.7 Å². The highest BCUT2D eigenvalue weighted by Gasteiger charge is 2.12. The molecule has 2 aromatic rings. The van der Waals surface area contributed by atoms with Crippen LogP contribution in [0.4, 0.5) is 13.2 Å². The number of hydrogen-bond donors (Lipinski definition) is 1. The Labute approximate surface area is 156 Å². The fourth-order valence-corrected chi connectivity index (χ4v) is 2.34. The molecule has 0 bridgehead atoms. The Kier molecular flexibility index (Phi) is 7.14. The summed E-state index contributed by atoms with van der Waals surface area (Å²) < 4.78 is 53.1. The molecule has 0 atom stereocenters. The number of nitrogens with one attached hydrogen (secondary N) is 1. The van der Waals surface area contributed by atoms with Crippen molar-refractivity contribution < 1.29 is 32.2 Å². The number of hydrogen-bond acceptors (Lipinski definition) is 4. The van der Waals surface area contributed by atoms with Gasteiger partial charge in [-0.2, -0.15) is 8.78 Å². The van der Waals surface area contributed by atoms with E-state index < -0.39 is 18.3 Å². The molecule has 0 saturated carbocycles. The predicted octanol–water partition coefficient (Wildman–Crippen LogP) is 3.89. The summed E-state index contributed by atoms with van der Waals surface area (Å²) in [6.07, 6.45) is 0. The zero-order valence-corrected chi connectivity index (χ0v) is 15.2. The number of rotatable bonds is 8. The maximum absolute atomic E-state index is 13.6. The molecule has 0 aliphatic carbocycles. The molecule has 0 aliphatic heterocycles. The Morgan fingerprint density at radius 2 is 1.88 bits per heavy atom. The minimum absolute atomic E-state index is 0.0430. The van der Waals surface area contributed by atoms with Crippen LogP contribution in [0, 0.1) is 5.82 Å². The molecule has 9 heteroatoms. The first kappa shape index (κ1) is 19.9. The number of amides is 1. The van der Waals surface area contributed by atoms with Crippen molar-refractivity contribution in [3.8, 4) is 17.2 Å². The summed E-state index contributed by atoms with van der Waals surface area (Å²) in [7, 11) is 1.32. The van der Waals surface area contributed by atoms with Crippen LogP contribution in [0.15, 0.2) is 40.9 Å². The second-order valence-corrected chi connectivity index (χ2v) is 5.92. The Hall–Kier alpha value is -2.42. The van der Waals surface area contributed by atoms with E-state index in [1.807, 2.05) is 0 Å². The Bertz CT molecular complexity index is 774. The van der Waals surface area contributed by atoms with Crippen LogP contribution in [-0.4, -0.2) is 26.2 Å². The Balaban J connectivity index is 1.88. The normalized spacial score (nSPS) is 10.5. The molecule has 5 nitrogen and oxygen atoms in total. The standard InChI is InChI=1S/C17H15BrF3NO4/c1-24-15-6-10(2-4-14(15)26-17(20)21)8-22-16(23)9-25-13-5-3-11(18)7-12(13)19/h2-7,17H,8-9H2,1H3,(H,22,23). The zero-order valence-electron chi connectivity index (χ0n) is 13.6. The van der Waals surface area contributed by atoms with Crippen LogP contribution in [0.3, 0.4) is 0 Å². The SMILES string of the molecule is COc1cc(CNC(=O)COc2ccc(Br)cc2F)ccc1OC(F)F. The second kappa shape index (κ2) is 9.33. The van der Waals surface area contributed by atoms with Gasteiger partial charge in [-0.25, -0.2) is 4.39 Å². The van der Waals surface area contributed by atoms with Gasteiger partial charge in [-0.15, -0.1) is 0 Å². The molecular formula is C17H15BrF3NO4. The molecule has 0 saturated heterocycles. The molecule has 0 spiro atoms. The molecule has 0 radical (unpaired) electrons. The van der Waals surface area contributed by atoms with Crippen LogP contribution < -0.4 is 19.5 Å². The van der Waals surface area contributed by atoms with Crippen LogP contribution in [0.1, 0.15) is 5.56 Å². The molecule has 0 heterocycles. The molecule has 0 fully saturated rings. The zero-order chi connectivity index (χ0) is 19.1. The highest BCUT2D eigenvalue weighted by molar-refractivity contribution is 9.10. The molecule has 2 aromatic carbocycles. The van der Waals surface area contributed by atoms with Gasteiger partial charge in [0.1, 0.15) is 0 Å². The quantitative estimate of drug-likeness (QED) is 0.685. The number of carbonyl (C=O) groups is 1. The van der Waals surface area contributed by atoms with Gasteiger partial charge >= 0.3 is 6.61 Å². The smallest absolute Gasteiger partial charge is 0.387 e. The lowest BCUT2D eigenvalue weighted by Gasteiger charge is -2.12. The van der Waals surface area contributed by atoms with Gasteiger partial charge in [-0.1, -0.05) is 22.0 Å². The molecule has 1 N–H and O–H groups in total. The summed E-state index contributed by atoms with van der Waals surface area (Å²) in [5.74, 6) is -1.10. The topological polar surface area (TPSA) is 56.8 Å². The van der Waals surface area contributed by atoms with Crippen molar-refractivity contribution in [2.45, 2.75) is 13.2 Å². The monoisotopic (exact) mass is 433 g/mol. The average Bonchev–Trinajstić information content (AvgIpc) is 2.59. The molecular weight excluding hydrogens is 419 g/mol. The maximum Gasteiger partial charge on any atom is 0.387 e. The van der Waals surface area contributed by atoms with E-state index in [0.29, 0.717) is 10.0 Å². The van der Waals surface area contributed by atoms with E-state index >= 15 is 0 Å². The van der Waals surface area contributed by atoms with Gasteiger partial charge in [-0.05, 0) is 35.9 Å². The van der Waals surface area contributed by atoms with Crippen molar-refractivity contribution in [2.75, 3.05) is 13.7 Å². The van der Waals surface area contributed by atoms with Gasteiger partial charge in [-0.3, -0.25) is 4.79 Å². The molecule has 2 rings (SSSR count). The van der Waals surface area contributed by atoms with Gasteiger partial charge in [0, 0.05) is 11.0 Å². The van der Waals surface area contributed by atoms with Crippen LogP contribution >= 0.6 is 15.9 Å². The molecule has 26 heavy (non-hydrogen) atoms. The minimum atomic E-state index is -2.97. The lowest BCUT2D eigenvalue weighted by atomic mass is 10.2. The van der Waals surface area contributed by atoms with Crippen molar-refractivity contribution in [1.29, 1.82) is 0 Å². The first-order chi connectivity index (χ1) is 12.4. The summed E-state index contributed by atoms with van der Waals surface area (Å²) in [6, 6.07) is 8.51. The first-order valence-corrected chi connectivity index (χ1v) is 8.14. The number of halogens is 4. The maximum atomic E-state index is 13.6. The number of methoxy groups -OCH3 is 1. The molecule has 0 aliphatic rings. The van der Waals surface area contributed by atoms with E-state index in [9.17, 15) is 18.0 Å². The van der Waals surface area contributed by atoms with Crippen LogP contribution in [-0.2, 0) is 11.3 Å². The fraction of sp³-hybridized carbons (Fsp3) is 0.235. The second-order valence-electron chi connectivity index (χ2n) is 5.00. The van der Waals surface area contributed by atoms with Crippen LogP contribution in [0.2, 0.25) is 0 Å². The van der Waals surface area contributed by atoms with Gasteiger partial charge < -0.3 is 19.5 Å². The minimum Gasteiger partial charge on any atom is -0.493 e. The Morgan fingerprint density at radius 1 is 1.15 bits per heavy atom. The van der Waals surface area contributed by atoms with E-state index in [-0.39, 0.29) is 30.4 Å². The van der Waals surface area contributed by atoms with Gasteiger partial charge in [0.2, 0.25) is 0 Å². The van der Waals surface area contributed by atoms with E-state index in [1.54, 1.807) is 6.07 Å². The summed E-state index contributed by atoms with van der Waals surface area (Å²) >= 11 is 3.12. The van der Waals surface area contributed by atoms with Crippen molar-refractivity contribution in [3.63, 3.8) is 0 Å². The van der Waals surface area contributed by atoms with E-state index in [4.69, 9.17) is 9.47 Å². The van der Waals surface area contributed by atoms with Gasteiger partial charge in [0.25, 0.3) is 5.91 Å². The highest BCUT2D eigenvalue weighted by Crippen LogP contribution is 2.29. The third-order valence-corrected chi connectivity index (χ3v) is 3.68. The molecule has 0 unspecified atom stereocenters. The number of benzene rings is 2. The van der Waals surface area contributed by atoms with Crippen molar-refractivity contribution in [3.05, 3.63) is 52.3 Å². The molecule has 140 valence electrons. The highest BCUT2D eigenvalue weighted by atomic mass is 79.9. The molecule has 1 amide bonds. The number of carbonyl (C=O) groups excluding carboxylic acids is 1. The fourth-order valence-electron chi connectivity index (χ4n) is 2.00. The Morgan fingerprint density at radius 3 is 2.54 bits per heavy atom. The summed E-state index contributed by atoms with van der Waals surface area (Å²) in [5.41, 5.74) is 0.603. The van der Waals surface area contributed by atoms with E-state index in [1.165, 1.54) is 37.4 Å². The van der Waals surface area contributed by atoms with Crippen molar-refractivity contribution >= 4 is 21.8 Å². The van der Waals surface area contributed by atoms with Crippen molar-refractivity contribution in [2.24, 2.45) is 0 Å². The van der Waals surface area contributed by atoms with Crippen LogP contribution in [0.5, 0.6) is 17.2 Å². The third kappa shape index (κ3) is 5.83. The largest absolute Gasteiger partial charge is 0.493 e. The number of ether oxygens (including phenoxy) is 3. The molecule has 0 aromatic heterocycles. The van der Waals surface area contributed by atoms with Gasteiger partial charge in [0.05, 0.1) is 7.11 Å². The first-order valence-electron chi connectivity index (χ1n) is 7.35. The summed E-state index contributed by atoms with van der Waals surface area (Å²) in [5, 5.41) is 2.57. The van der Waals surface area contributed by atoms with E-state index in [0.717, 1.165) is 0 Å². The average molecular weight is 434 g/mol. The lowest BCUT2D eigenvalue weighted by molar-refractivity contribution is -0.123. The van der Waals surface area contributed by atoms with Crippen molar-refractivity contribution in [1.82, 2.24) is 5.32 Å². The lowest BCUT2D eigenvalue weighted by Crippen LogP contribution is -2.28.